The molecular weight excluding hydrogens is 292 g/mol. The molecular formula is C14H14N2O4S. The van der Waals surface area contributed by atoms with E-state index >= 15 is 0 Å². The summed E-state index contributed by atoms with van der Waals surface area (Å²) in [4.78, 5) is 11.7. The third kappa shape index (κ3) is 3.73. The number of amides is 2. The first kappa shape index (κ1) is 14.9. The number of sulfonamides is 1. The van der Waals surface area contributed by atoms with Crippen molar-refractivity contribution in [3.8, 4) is 5.75 Å². The maximum atomic E-state index is 12.0. The van der Waals surface area contributed by atoms with Crippen molar-refractivity contribution < 1.29 is 18.3 Å². The van der Waals surface area contributed by atoms with Crippen molar-refractivity contribution in [2.45, 2.75) is 11.8 Å². The van der Waals surface area contributed by atoms with E-state index < -0.39 is 16.1 Å². The van der Waals surface area contributed by atoms with E-state index in [1.54, 1.807) is 24.3 Å². The van der Waals surface area contributed by atoms with Crippen molar-refractivity contribution in [2.24, 2.45) is 0 Å². The molecule has 2 amide bonds. The van der Waals surface area contributed by atoms with Crippen molar-refractivity contribution in [1.29, 1.82) is 0 Å². The SMILES string of the molecule is Cc1ccc(S(=O)(=O)NC(=O)Nc2ccccc2O)cc1. The summed E-state index contributed by atoms with van der Waals surface area (Å²) in [6.07, 6.45) is 0. The summed E-state index contributed by atoms with van der Waals surface area (Å²) in [5.41, 5.74) is 1.03. The van der Waals surface area contributed by atoms with Crippen molar-refractivity contribution in [2.75, 3.05) is 5.32 Å². The first-order valence-corrected chi connectivity index (χ1v) is 7.55. The maximum Gasteiger partial charge on any atom is 0.333 e. The molecule has 0 aliphatic rings. The number of nitrogens with one attached hydrogen (secondary N) is 2. The number of urea groups is 1. The molecule has 2 rings (SSSR count). The van der Waals surface area contributed by atoms with E-state index in [0.29, 0.717) is 0 Å². The summed E-state index contributed by atoms with van der Waals surface area (Å²) < 4.78 is 25.9. The van der Waals surface area contributed by atoms with E-state index in [-0.39, 0.29) is 16.3 Å². The second-order valence-electron chi connectivity index (χ2n) is 4.39. The number of phenolic OH excluding ortho intramolecular Hbond substituents is 1. The van der Waals surface area contributed by atoms with Crippen LogP contribution in [0.15, 0.2) is 53.4 Å². The topological polar surface area (TPSA) is 95.5 Å². The van der Waals surface area contributed by atoms with Gasteiger partial charge in [0.25, 0.3) is 10.0 Å². The molecule has 6 nitrogen and oxygen atoms in total. The summed E-state index contributed by atoms with van der Waals surface area (Å²) in [7, 11) is -3.95. The number of hydrogen-bond acceptors (Lipinski definition) is 4. The van der Waals surface area contributed by atoms with Gasteiger partial charge >= 0.3 is 6.03 Å². The van der Waals surface area contributed by atoms with Gasteiger partial charge in [-0.05, 0) is 31.2 Å². The average Bonchev–Trinajstić information content (AvgIpc) is 2.41. The lowest BCUT2D eigenvalue weighted by Crippen LogP contribution is -2.34. The fourth-order valence-electron chi connectivity index (χ4n) is 1.63. The molecule has 110 valence electrons. The highest BCUT2D eigenvalue weighted by molar-refractivity contribution is 7.90. The second kappa shape index (κ2) is 5.84. The molecule has 0 unspecified atom stereocenters. The molecule has 0 radical (unpaired) electrons. The Morgan fingerprint density at radius 2 is 1.67 bits per heavy atom. The van der Waals surface area contributed by atoms with Crippen LogP contribution in [-0.4, -0.2) is 19.6 Å². The Hall–Kier alpha value is -2.54. The van der Waals surface area contributed by atoms with E-state index in [2.05, 4.69) is 5.32 Å². The quantitative estimate of drug-likeness (QED) is 0.758. The largest absolute Gasteiger partial charge is 0.506 e. The monoisotopic (exact) mass is 306 g/mol. The highest BCUT2D eigenvalue weighted by atomic mass is 32.2. The van der Waals surface area contributed by atoms with E-state index in [1.807, 2.05) is 11.6 Å². The van der Waals surface area contributed by atoms with E-state index in [9.17, 15) is 18.3 Å². The zero-order valence-electron chi connectivity index (χ0n) is 11.2. The highest BCUT2D eigenvalue weighted by Gasteiger charge is 2.17. The summed E-state index contributed by atoms with van der Waals surface area (Å²) in [6, 6.07) is 11.2. The molecule has 0 atom stereocenters. The maximum absolute atomic E-state index is 12.0. The van der Waals surface area contributed by atoms with Crippen LogP contribution < -0.4 is 10.0 Å². The Labute approximate surface area is 122 Å². The number of para-hydroxylation sites is 2. The number of phenols is 1. The molecule has 2 aromatic carbocycles. The minimum absolute atomic E-state index is 0.0134. The molecule has 0 fully saturated rings. The zero-order valence-corrected chi connectivity index (χ0v) is 12.0. The normalized spacial score (nSPS) is 10.9. The Balaban J connectivity index is 2.12. The van der Waals surface area contributed by atoms with Gasteiger partial charge < -0.3 is 10.4 Å². The first-order chi connectivity index (χ1) is 9.88. The smallest absolute Gasteiger partial charge is 0.333 e. The summed E-state index contributed by atoms with van der Waals surface area (Å²) >= 11 is 0. The molecule has 0 aromatic heterocycles. The van der Waals surface area contributed by atoms with Gasteiger partial charge in [-0.1, -0.05) is 29.8 Å². The molecule has 0 saturated carbocycles. The summed E-state index contributed by atoms with van der Waals surface area (Å²) in [5, 5.41) is 11.8. The van der Waals surface area contributed by atoms with E-state index in [4.69, 9.17) is 0 Å². The van der Waals surface area contributed by atoms with Crippen LogP contribution in [0.2, 0.25) is 0 Å². The van der Waals surface area contributed by atoms with Crippen molar-refractivity contribution in [3.63, 3.8) is 0 Å². The fourth-order valence-corrected chi connectivity index (χ4v) is 2.53. The molecule has 0 aliphatic carbocycles. The predicted molar refractivity (Wildman–Crippen MR) is 78.6 cm³/mol. The van der Waals surface area contributed by atoms with Gasteiger partial charge in [0.15, 0.2) is 0 Å². The zero-order chi connectivity index (χ0) is 15.5. The Morgan fingerprint density at radius 3 is 2.29 bits per heavy atom. The van der Waals surface area contributed by atoms with Crippen molar-refractivity contribution in [1.82, 2.24) is 4.72 Å². The molecule has 0 heterocycles. The minimum atomic E-state index is -3.95. The summed E-state index contributed by atoms with van der Waals surface area (Å²) in [5.74, 6) is -0.152. The summed E-state index contributed by atoms with van der Waals surface area (Å²) in [6.45, 7) is 1.83. The number of aryl methyl sites for hydroxylation is 1. The number of rotatable bonds is 3. The Kier molecular flexibility index (Phi) is 4.13. The van der Waals surface area contributed by atoms with Gasteiger partial charge in [-0.15, -0.1) is 0 Å². The third-order valence-electron chi connectivity index (χ3n) is 2.71. The van der Waals surface area contributed by atoms with Gasteiger partial charge in [0.2, 0.25) is 0 Å². The van der Waals surface area contributed by atoms with Crippen LogP contribution in [0.1, 0.15) is 5.56 Å². The molecule has 3 N–H and O–H groups in total. The number of hydrogen-bond donors (Lipinski definition) is 3. The van der Waals surface area contributed by atoms with Gasteiger partial charge in [-0.2, -0.15) is 0 Å². The third-order valence-corrected chi connectivity index (χ3v) is 4.06. The number of carbonyl (C=O) groups is 1. The van der Waals surface area contributed by atoms with Crippen LogP contribution in [0.5, 0.6) is 5.75 Å². The van der Waals surface area contributed by atoms with Crippen molar-refractivity contribution in [3.05, 3.63) is 54.1 Å². The van der Waals surface area contributed by atoms with Crippen LogP contribution in [0, 0.1) is 6.92 Å². The number of benzene rings is 2. The predicted octanol–water partition coefficient (Wildman–Crippen LogP) is 2.21. The minimum Gasteiger partial charge on any atom is -0.506 e. The fraction of sp³-hybridized carbons (Fsp3) is 0.0714. The average molecular weight is 306 g/mol. The van der Waals surface area contributed by atoms with Crippen LogP contribution in [0.25, 0.3) is 0 Å². The highest BCUT2D eigenvalue weighted by Crippen LogP contribution is 2.21. The van der Waals surface area contributed by atoms with Gasteiger partial charge in [-0.25, -0.2) is 17.9 Å². The van der Waals surface area contributed by atoms with E-state index in [1.165, 1.54) is 24.3 Å². The molecule has 0 aliphatic heterocycles. The Morgan fingerprint density at radius 1 is 1.05 bits per heavy atom. The van der Waals surface area contributed by atoms with Gasteiger partial charge in [0.05, 0.1) is 10.6 Å². The standard InChI is InChI=1S/C14H14N2O4S/c1-10-6-8-11(9-7-10)21(19,20)16-14(18)15-12-4-2-3-5-13(12)17/h2-9,17H,1H3,(H2,15,16,18). The molecule has 0 spiro atoms. The number of carbonyl (C=O) groups excluding carboxylic acids is 1. The van der Waals surface area contributed by atoms with Crippen molar-refractivity contribution >= 4 is 21.7 Å². The van der Waals surface area contributed by atoms with E-state index in [0.717, 1.165) is 5.56 Å². The van der Waals surface area contributed by atoms with Crippen LogP contribution in [-0.2, 0) is 10.0 Å². The molecule has 0 bridgehead atoms. The molecule has 2 aromatic rings. The van der Waals surface area contributed by atoms with Crippen LogP contribution in [0.3, 0.4) is 0 Å². The molecule has 0 saturated heterocycles. The van der Waals surface area contributed by atoms with Gasteiger partial charge in [0, 0.05) is 0 Å². The van der Waals surface area contributed by atoms with Crippen LogP contribution in [0.4, 0.5) is 10.5 Å². The van der Waals surface area contributed by atoms with Gasteiger partial charge in [0.1, 0.15) is 5.75 Å². The lowest BCUT2D eigenvalue weighted by Gasteiger charge is -2.09. The van der Waals surface area contributed by atoms with Crippen LogP contribution >= 0.6 is 0 Å². The first-order valence-electron chi connectivity index (χ1n) is 6.07. The Bertz CT molecular complexity index is 755. The van der Waals surface area contributed by atoms with Gasteiger partial charge in [-0.3, -0.25) is 0 Å². The molecule has 21 heavy (non-hydrogen) atoms. The second-order valence-corrected chi connectivity index (χ2v) is 6.07. The molecule has 7 heteroatoms. The lowest BCUT2D eigenvalue weighted by molar-refractivity contribution is 0.256. The number of anilines is 1. The lowest BCUT2D eigenvalue weighted by atomic mass is 10.2. The number of aromatic hydroxyl groups is 1.